The number of halogens is 1. The lowest BCUT2D eigenvalue weighted by molar-refractivity contribution is 0.123. The smallest absolute Gasteiger partial charge is 0.317 e. The molecule has 7 heteroatoms. The first kappa shape index (κ1) is 24.8. The maximum atomic E-state index is 12.8. The van der Waals surface area contributed by atoms with Gasteiger partial charge >= 0.3 is 6.03 Å². The van der Waals surface area contributed by atoms with Crippen molar-refractivity contribution in [3.63, 3.8) is 0 Å². The molecule has 1 aliphatic heterocycles. The average molecular weight is 534 g/mol. The number of likely N-dealkylation sites (N-methyl/N-ethyl adjacent to an activating group) is 1. The van der Waals surface area contributed by atoms with Crippen molar-refractivity contribution in [3.8, 4) is 0 Å². The zero-order chi connectivity index (χ0) is 24.3. The van der Waals surface area contributed by atoms with E-state index in [0.29, 0.717) is 12.0 Å². The fourth-order valence-electron chi connectivity index (χ4n) is 5.80. The van der Waals surface area contributed by atoms with E-state index in [2.05, 4.69) is 89.6 Å². The molecule has 2 heterocycles. The maximum absolute atomic E-state index is 12.8. The van der Waals surface area contributed by atoms with Gasteiger partial charge in [0.15, 0.2) is 8.24 Å². The van der Waals surface area contributed by atoms with Gasteiger partial charge in [0.25, 0.3) is 0 Å². The molecule has 182 valence electrons. The summed E-state index contributed by atoms with van der Waals surface area (Å²) >= 11 is 3.93. The lowest BCUT2D eigenvalue weighted by atomic mass is 9.74. The molecule has 1 aromatic carbocycles. The normalized spacial score (nSPS) is 23.5. The molecule has 3 atom stereocenters. The van der Waals surface area contributed by atoms with Gasteiger partial charge in [-0.3, -0.25) is 0 Å². The third-order valence-electron chi connectivity index (χ3n) is 8.73. The molecule has 33 heavy (non-hydrogen) atoms. The molecule has 1 N–H and O–H groups in total. The minimum Gasteiger partial charge on any atom is -0.374 e. The van der Waals surface area contributed by atoms with E-state index in [9.17, 15) is 4.79 Å². The van der Waals surface area contributed by atoms with E-state index in [0.717, 1.165) is 32.5 Å². The molecule has 0 bridgehead atoms. The molecule has 2 aromatic rings. The number of urea groups is 1. The number of fused-ring (bicyclic) bond motifs is 2. The van der Waals surface area contributed by atoms with Crippen LogP contribution in [0, 0.1) is 0 Å². The van der Waals surface area contributed by atoms with Gasteiger partial charge in [0, 0.05) is 53.0 Å². The SMILES string of the molecule is CCN(CC)C(=O)N[C@H]1C[C@@H]2c3c(Br)ccc4c3c(cn4[Si](C)(C)C(C)(C)C)C[C@H]2N(C)C1. The van der Waals surface area contributed by atoms with Crippen LogP contribution in [0.3, 0.4) is 0 Å². The maximum Gasteiger partial charge on any atom is 0.317 e. The van der Waals surface area contributed by atoms with Crippen molar-refractivity contribution in [1.29, 1.82) is 0 Å². The van der Waals surface area contributed by atoms with Gasteiger partial charge in [-0.1, -0.05) is 49.8 Å². The first-order valence-corrected chi connectivity index (χ1v) is 16.2. The highest BCUT2D eigenvalue weighted by Gasteiger charge is 2.44. The topological polar surface area (TPSA) is 40.5 Å². The standard InChI is InChI=1S/C26H41BrN4OSi/c1-9-30(10-2)25(32)28-18-14-19-22(29(6)16-18)13-17-15-31(33(7,8)26(3,4)5)21-12-11-20(27)24(19)23(17)21/h11-12,15,18-19,22H,9-10,13-14,16H2,1-8H3,(H,28,32)/t18-,19-,22+/m0/s1. The molecule has 1 fully saturated rings. The molecule has 2 aliphatic rings. The Morgan fingerprint density at radius 2 is 1.91 bits per heavy atom. The van der Waals surface area contributed by atoms with Crippen LogP contribution in [0.4, 0.5) is 4.79 Å². The van der Waals surface area contributed by atoms with Gasteiger partial charge < -0.3 is 19.3 Å². The number of hydrogen-bond donors (Lipinski definition) is 1. The number of nitrogens with zero attached hydrogens (tertiary/aromatic N) is 3. The van der Waals surface area contributed by atoms with Gasteiger partial charge in [-0.15, -0.1) is 0 Å². The molecular weight excluding hydrogens is 492 g/mol. The zero-order valence-corrected chi connectivity index (χ0v) is 24.2. The molecule has 1 aromatic heterocycles. The summed E-state index contributed by atoms with van der Waals surface area (Å²) in [4.78, 5) is 17.2. The molecule has 1 aliphatic carbocycles. The molecule has 0 radical (unpaired) electrons. The van der Waals surface area contributed by atoms with E-state index in [4.69, 9.17) is 0 Å². The molecule has 0 unspecified atom stereocenters. The van der Waals surface area contributed by atoms with Gasteiger partial charge in [0.05, 0.1) is 0 Å². The molecule has 1 saturated heterocycles. The van der Waals surface area contributed by atoms with Crippen LogP contribution in [-0.4, -0.2) is 67.1 Å². The summed E-state index contributed by atoms with van der Waals surface area (Å²) in [5.74, 6) is 0.409. The van der Waals surface area contributed by atoms with Crippen LogP contribution in [0.2, 0.25) is 18.1 Å². The number of amides is 2. The number of rotatable bonds is 4. The monoisotopic (exact) mass is 532 g/mol. The molecule has 2 amide bonds. The Morgan fingerprint density at radius 1 is 1.24 bits per heavy atom. The number of likely N-dealkylation sites (tertiary alicyclic amines) is 1. The number of nitrogens with one attached hydrogen (secondary N) is 1. The summed E-state index contributed by atoms with van der Waals surface area (Å²) in [5.41, 5.74) is 4.33. The van der Waals surface area contributed by atoms with Crippen molar-refractivity contribution in [2.75, 3.05) is 26.7 Å². The second-order valence-electron chi connectivity index (χ2n) is 11.6. The van der Waals surface area contributed by atoms with Crippen molar-refractivity contribution >= 4 is 41.1 Å². The Bertz CT molecular complexity index is 1050. The number of aromatic nitrogens is 1. The molecule has 4 rings (SSSR count). The highest BCUT2D eigenvalue weighted by atomic mass is 79.9. The number of carbonyl (C=O) groups excluding carboxylic acids is 1. The Balaban J connectivity index is 1.76. The summed E-state index contributed by atoms with van der Waals surface area (Å²) in [6, 6.07) is 5.27. The lowest BCUT2D eigenvalue weighted by Crippen LogP contribution is -2.56. The Morgan fingerprint density at radius 3 is 2.52 bits per heavy atom. The van der Waals surface area contributed by atoms with Crippen LogP contribution in [0.25, 0.3) is 10.9 Å². The lowest BCUT2D eigenvalue weighted by Gasteiger charge is -2.46. The Kier molecular flexibility index (Phi) is 6.55. The van der Waals surface area contributed by atoms with Crippen LogP contribution in [0.5, 0.6) is 0 Å². The summed E-state index contributed by atoms with van der Waals surface area (Å²) in [7, 11) is 0.483. The van der Waals surface area contributed by atoms with Gasteiger partial charge in [-0.25, -0.2) is 4.79 Å². The third-order valence-corrected chi connectivity index (χ3v) is 14.7. The van der Waals surface area contributed by atoms with Crippen LogP contribution in [0.15, 0.2) is 22.8 Å². The van der Waals surface area contributed by atoms with Gasteiger partial charge in [-0.2, -0.15) is 0 Å². The van der Waals surface area contributed by atoms with Gasteiger partial charge in [0.2, 0.25) is 0 Å². The van der Waals surface area contributed by atoms with Gasteiger partial charge in [0.1, 0.15) is 0 Å². The molecular formula is C26H41BrN4OSi. The molecule has 0 spiro atoms. The fraction of sp³-hybridized carbons (Fsp3) is 0.654. The highest BCUT2D eigenvalue weighted by molar-refractivity contribution is 9.10. The number of carbonyl (C=O) groups is 1. The van der Waals surface area contributed by atoms with Crippen molar-refractivity contribution < 1.29 is 4.79 Å². The second kappa shape index (κ2) is 8.72. The largest absolute Gasteiger partial charge is 0.374 e. The van der Waals surface area contributed by atoms with Crippen LogP contribution in [0.1, 0.15) is 58.1 Å². The van der Waals surface area contributed by atoms with E-state index in [-0.39, 0.29) is 17.1 Å². The number of hydrogen-bond acceptors (Lipinski definition) is 2. The van der Waals surface area contributed by atoms with E-state index in [1.54, 1.807) is 0 Å². The minimum absolute atomic E-state index is 0.0645. The summed E-state index contributed by atoms with van der Waals surface area (Å²) in [5, 5.41) is 5.06. The van der Waals surface area contributed by atoms with Crippen molar-refractivity contribution in [3.05, 3.63) is 33.9 Å². The quantitative estimate of drug-likeness (QED) is 0.489. The first-order chi connectivity index (χ1) is 15.4. The molecule has 0 saturated carbocycles. The van der Waals surface area contributed by atoms with Gasteiger partial charge in [-0.05, 0) is 68.2 Å². The average Bonchev–Trinajstić information content (AvgIpc) is 3.10. The predicted molar refractivity (Wildman–Crippen MR) is 145 cm³/mol. The predicted octanol–water partition coefficient (Wildman–Crippen LogP) is 6.02. The highest BCUT2D eigenvalue weighted by Crippen LogP contribution is 2.48. The summed E-state index contributed by atoms with van der Waals surface area (Å²) in [6.45, 7) is 18.6. The Labute approximate surface area is 209 Å². The third kappa shape index (κ3) is 4.08. The van der Waals surface area contributed by atoms with Crippen molar-refractivity contribution in [2.24, 2.45) is 0 Å². The summed E-state index contributed by atoms with van der Waals surface area (Å²) < 4.78 is 3.87. The van der Waals surface area contributed by atoms with E-state index < -0.39 is 8.24 Å². The number of benzene rings is 1. The van der Waals surface area contributed by atoms with Crippen LogP contribution in [-0.2, 0) is 6.42 Å². The molecule has 5 nitrogen and oxygen atoms in total. The first-order valence-electron chi connectivity index (χ1n) is 12.5. The van der Waals surface area contributed by atoms with Crippen molar-refractivity contribution in [1.82, 2.24) is 19.3 Å². The van der Waals surface area contributed by atoms with E-state index in [1.807, 2.05) is 18.7 Å². The zero-order valence-electron chi connectivity index (χ0n) is 21.6. The van der Waals surface area contributed by atoms with Crippen molar-refractivity contribution in [2.45, 2.75) is 83.6 Å². The van der Waals surface area contributed by atoms with E-state index >= 15 is 0 Å². The van der Waals surface area contributed by atoms with Crippen LogP contribution < -0.4 is 5.32 Å². The minimum atomic E-state index is -1.75. The Hall–Kier alpha value is -1.31. The van der Waals surface area contributed by atoms with Crippen LogP contribution >= 0.6 is 15.9 Å². The van der Waals surface area contributed by atoms with E-state index in [1.165, 1.54) is 26.5 Å². The number of piperidine rings is 1. The fourth-order valence-corrected chi connectivity index (χ4v) is 8.41. The summed E-state index contributed by atoms with van der Waals surface area (Å²) in [6.07, 6.45) is 4.56. The second-order valence-corrected chi connectivity index (χ2v) is 17.5.